The Morgan fingerprint density at radius 3 is 2.80 bits per heavy atom. The standard InChI is InChI=1S/C15H19ClN4/c1-11(2)19-8-5-9-20-13(10-19)14(16)15(18-20)12-6-3-4-7-17-12/h3-4,6-7,11H,5,8-10H2,1-2H3. The lowest BCUT2D eigenvalue weighted by atomic mass is 10.2. The molecule has 20 heavy (non-hydrogen) atoms. The SMILES string of the molecule is CC(C)N1CCCn2nc(-c3ccccn3)c(Cl)c2C1. The van der Waals surface area contributed by atoms with Crippen LogP contribution in [-0.4, -0.2) is 32.3 Å². The first-order chi connectivity index (χ1) is 9.66. The maximum atomic E-state index is 6.57. The fourth-order valence-corrected chi connectivity index (χ4v) is 2.91. The Morgan fingerprint density at radius 2 is 2.10 bits per heavy atom. The predicted molar refractivity (Wildman–Crippen MR) is 80.6 cm³/mol. The van der Waals surface area contributed by atoms with Crippen molar-refractivity contribution in [1.82, 2.24) is 19.7 Å². The lowest BCUT2D eigenvalue weighted by molar-refractivity contribution is 0.216. The van der Waals surface area contributed by atoms with Gasteiger partial charge in [-0.05, 0) is 32.4 Å². The summed E-state index contributed by atoms with van der Waals surface area (Å²) in [6.07, 6.45) is 2.88. The van der Waals surface area contributed by atoms with Gasteiger partial charge in [-0.25, -0.2) is 0 Å². The first kappa shape index (κ1) is 13.6. The number of nitrogens with zero attached hydrogens (tertiary/aromatic N) is 4. The minimum Gasteiger partial charge on any atom is -0.295 e. The van der Waals surface area contributed by atoms with E-state index < -0.39 is 0 Å². The number of aromatic nitrogens is 3. The maximum Gasteiger partial charge on any atom is 0.130 e. The highest BCUT2D eigenvalue weighted by molar-refractivity contribution is 6.33. The first-order valence-corrected chi connectivity index (χ1v) is 7.45. The Bertz CT molecular complexity index is 591. The van der Waals surface area contributed by atoms with Crippen molar-refractivity contribution in [1.29, 1.82) is 0 Å². The summed E-state index contributed by atoms with van der Waals surface area (Å²) in [6.45, 7) is 7.32. The van der Waals surface area contributed by atoms with Crippen LogP contribution in [0.3, 0.4) is 0 Å². The minimum atomic E-state index is 0.519. The smallest absolute Gasteiger partial charge is 0.130 e. The van der Waals surface area contributed by atoms with Gasteiger partial charge in [0.25, 0.3) is 0 Å². The molecule has 0 N–H and O–H groups in total. The molecule has 106 valence electrons. The number of halogens is 1. The van der Waals surface area contributed by atoms with Crippen molar-refractivity contribution in [3.8, 4) is 11.4 Å². The van der Waals surface area contributed by atoms with Crippen molar-refractivity contribution in [3.63, 3.8) is 0 Å². The van der Waals surface area contributed by atoms with Crippen LogP contribution >= 0.6 is 11.6 Å². The van der Waals surface area contributed by atoms with Gasteiger partial charge in [0.15, 0.2) is 0 Å². The van der Waals surface area contributed by atoms with Crippen molar-refractivity contribution >= 4 is 11.6 Å². The molecule has 1 aliphatic rings. The number of hydrogen-bond acceptors (Lipinski definition) is 3. The highest BCUT2D eigenvalue weighted by atomic mass is 35.5. The van der Waals surface area contributed by atoms with Gasteiger partial charge in [0.05, 0.1) is 16.4 Å². The van der Waals surface area contributed by atoms with Crippen LogP contribution in [-0.2, 0) is 13.1 Å². The van der Waals surface area contributed by atoms with E-state index in [2.05, 4.69) is 33.5 Å². The third-order valence-electron chi connectivity index (χ3n) is 3.80. The number of aryl methyl sites for hydroxylation is 1. The summed E-state index contributed by atoms with van der Waals surface area (Å²) in [5.74, 6) is 0. The van der Waals surface area contributed by atoms with E-state index in [9.17, 15) is 0 Å². The summed E-state index contributed by atoms with van der Waals surface area (Å²) in [5.41, 5.74) is 2.75. The third kappa shape index (κ3) is 2.45. The van der Waals surface area contributed by atoms with E-state index >= 15 is 0 Å². The topological polar surface area (TPSA) is 34.0 Å². The van der Waals surface area contributed by atoms with E-state index in [0.717, 1.165) is 48.2 Å². The molecule has 3 rings (SSSR count). The molecule has 2 aromatic heterocycles. The van der Waals surface area contributed by atoms with Gasteiger partial charge in [0.1, 0.15) is 5.69 Å². The molecule has 4 nitrogen and oxygen atoms in total. The third-order valence-corrected chi connectivity index (χ3v) is 4.20. The van der Waals surface area contributed by atoms with E-state index in [1.807, 2.05) is 18.2 Å². The molecule has 0 unspecified atom stereocenters. The predicted octanol–water partition coefficient (Wildman–Crippen LogP) is 3.21. The van der Waals surface area contributed by atoms with Gasteiger partial charge >= 0.3 is 0 Å². The van der Waals surface area contributed by atoms with Crippen LogP contribution in [0.25, 0.3) is 11.4 Å². The fraction of sp³-hybridized carbons (Fsp3) is 0.467. The normalized spacial score (nSPS) is 16.2. The Hall–Kier alpha value is -1.39. The summed E-state index contributed by atoms with van der Waals surface area (Å²) in [7, 11) is 0. The van der Waals surface area contributed by atoms with Crippen LogP contribution in [0.1, 0.15) is 26.0 Å². The average molecular weight is 291 g/mol. The zero-order valence-corrected chi connectivity index (χ0v) is 12.6. The molecule has 0 saturated carbocycles. The summed E-state index contributed by atoms with van der Waals surface area (Å²) < 4.78 is 2.05. The molecule has 1 aliphatic heterocycles. The zero-order valence-electron chi connectivity index (χ0n) is 11.9. The molecule has 0 saturated heterocycles. The van der Waals surface area contributed by atoms with Crippen LogP contribution in [0.4, 0.5) is 0 Å². The van der Waals surface area contributed by atoms with Crippen molar-refractivity contribution in [2.24, 2.45) is 0 Å². The van der Waals surface area contributed by atoms with Crippen LogP contribution in [0.15, 0.2) is 24.4 Å². The highest BCUT2D eigenvalue weighted by Gasteiger charge is 2.23. The van der Waals surface area contributed by atoms with Gasteiger partial charge in [0, 0.05) is 31.9 Å². The molecule has 0 spiro atoms. The van der Waals surface area contributed by atoms with E-state index in [4.69, 9.17) is 11.6 Å². The molecule has 5 heteroatoms. The molecule has 2 aromatic rings. The summed E-state index contributed by atoms with van der Waals surface area (Å²) >= 11 is 6.57. The van der Waals surface area contributed by atoms with Crippen molar-refractivity contribution < 1.29 is 0 Å². The Morgan fingerprint density at radius 1 is 1.25 bits per heavy atom. The summed E-state index contributed by atoms with van der Waals surface area (Å²) in [5, 5.41) is 5.42. The van der Waals surface area contributed by atoms with Crippen LogP contribution < -0.4 is 0 Å². The van der Waals surface area contributed by atoms with Gasteiger partial charge in [0.2, 0.25) is 0 Å². The largest absolute Gasteiger partial charge is 0.295 e. The van der Waals surface area contributed by atoms with Crippen molar-refractivity contribution in [3.05, 3.63) is 35.1 Å². The number of pyridine rings is 1. The second kappa shape index (κ2) is 5.54. The number of fused-ring (bicyclic) bond motifs is 1. The van der Waals surface area contributed by atoms with Gasteiger partial charge < -0.3 is 0 Å². The number of hydrogen-bond donors (Lipinski definition) is 0. The average Bonchev–Trinajstić information content (AvgIpc) is 2.64. The summed E-state index contributed by atoms with van der Waals surface area (Å²) in [4.78, 5) is 6.80. The molecule has 3 heterocycles. The van der Waals surface area contributed by atoms with Gasteiger partial charge in [-0.1, -0.05) is 17.7 Å². The molecule has 0 radical (unpaired) electrons. The Balaban J connectivity index is 2.00. The second-order valence-corrected chi connectivity index (χ2v) is 5.84. The highest BCUT2D eigenvalue weighted by Crippen LogP contribution is 2.31. The van der Waals surface area contributed by atoms with Gasteiger partial charge in [-0.3, -0.25) is 14.6 Å². The van der Waals surface area contributed by atoms with E-state index in [1.54, 1.807) is 6.20 Å². The minimum absolute atomic E-state index is 0.519. The second-order valence-electron chi connectivity index (χ2n) is 5.47. The quantitative estimate of drug-likeness (QED) is 0.852. The Kier molecular flexibility index (Phi) is 3.76. The molecule has 0 atom stereocenters. The molecule has 0 fully saturated rings. The van der Waals surface area contributed by atoms with E-state index in [1.165, 1.54) is 0 Å². The molecule has 0 amide bonds. The first-order valence-electron chi connectivity index (χ1n) is 7.07. The van der Waals surface area contributed by atoms with Gasteiger partial charge in [-0.2, -0.15) is 5.10 Å². The molecular formula is C15H19ClN4. The lowest BCUT2D eigenvalue weighted by Gasteiger charge is -2.23. The van der Waals surface area contributed by atoms with E-state index in [0.29, 0.717) is 6.04 Å². The Labute approximate surface area is 124 Å². The zero-order chi connectivity index (χ0) is 14.1. The molecule has 0 aliphatic carbocycles. The molecular weight excluding hydrogens is 272 g/mol. The van der Waals surface area contributed by atoms with Crippen molar-refractivity contribution in [2.45, 2.75) is 39.4 Å². The molecule has 0 bridgehead atoms. The van der Waals surface area contributed by atoms with E-state index in [-0.39, 0.29) is 0 Å². The van der Waals surface area contributed by atoms with Crippen molar-refractivity contribution in [2.75, 3.05) is 6.54 Å². The van der Waals surface area contributed by atoms with Crippen LogP contribution in [0.2, 0.25) is 5.02 Å². The molecule has 0 aromatic carbocycles. The van der Waals surface area contributed by atoms with Crippen LogP contribution in [0, 0.1) is 0 Å². The maximum absolute atomic E-state index is 6.57. The number of rotatable bonds is 2. The van der Waals surface area contributed by atoms with Gasteiger partial charge in [-0.15, -0.1) is 0 Å². The fourth-order valence-electron chi connectivity index (χ4n) is 2.61. The monoisotopic (exact) mass is 290 g/mol. The lowest BCUT2D eigenvalue weighted by Crippen LogP contribution is -2.30. The van der Waals surface area contributed by atoms with Crippen LogP contribution in [0.5, 0.6) is 0 Å². The summed E-state index contributed by atoms with van der Waals surface area (Å²) in [6, 6.07) is 6.34.